The van der Waals surface area contributed by atoms with E-state index in [2.05, 4.69) is 35.8 Å². The Balaban J connectivity index is 1.63. The van der Waals surface area contributed by atoms with Gasteiger partial charge < -0.3 is 15.7 Å². The minimum Gasteiger partial charge on any atom is -0.390 e. The Hall–Kier alpha value is -2.57. The molecule has 178 valence electrons. The number of aryl methyl sites for hydroxylation is 1. The van der Waals surface area contributed by atoms with Gasteiger partial charge in [0.15, 0.2) is 0 Å². The first-order chi connectivity index (χ1) is 15.9. The Morgan fingerprint density at radius 2 is 1.82 bits per heavy atom. The van der Waals surface area contributed by atoms with Gasteiger partial charge in [0.2, 0.25) is 5.91 Å². The van der Waals surface area contributed by atoms with Crippen LogP contribution in [-0.2, 0) is 24.2 Å². The maximum Gasteiger partial charge on any atom is 0.224 e. The predicted octanol–water partition coefficient (Wildman–Crippen LogP) is 4.60. The van der Waals surface area contributed by atoms with Crippen molar-refractivity contribution in [1.29, 1.82) is 0 Å². The van der Waals surface area contributed by atoms with Gasteiger partial charge in [-0.15, -0.1) is 0 Å². The molecule has 1 aliphatic rings. The van der Waals surface area contributed by atoms with Gasteiger partial charge in [0.25, 0.3) is 0 Å². The summed E-state index contributed by atoms with van der Waals surface area (Å²) in [7, 11) is 0. The fourth-order valence-electron chi connectivity index (χ4n) is 4.26. The quantitative estimate of drug-likeness (QED) is 0.433. The molecule has 0 heterocycles. The number of allylic oxidation sites excluding steroid dienone is 1. The van der Waals surface area contributed by atoms with Gasteiger partial charge in [-0.1, -0.05) is 42.8 Å². The fourth-order valence-corrected chi connectivity index (χ4v) is 4.26. The largest absolute Gasteiger partial charge is 0.390 e. The van der Waals surface area contributed by atoms with Crippen molar-refractivity contribution in [2.24, 2.45) is 0 Å². The number of nitrogens with one attached hydrogen (secondary N) is 2. The van der Waals surface area contributed by atoms with Crippen molar-refractivity contribution in [1.82, 2.24) is 10.6 Å². The lowest BCUT2D eigenvalue weighted by Crippen LogP contribution is -2.48. The molecule has 0 aromatic heterocycles. The lowest BCUT2D eigenvalue weighted by molar-refractivity contribution is -0.122. The summed E-state index contributed by atoms with van der Waals surface area (Å²) in [5.41, 5.74) is 3.85. The second kappa shape index (κ2) is 12.6. The highest BCUT2D eigenvalue weighted by Gasteiger charge is 2.23. The molecule has 2 aromatic carbocycles. The van der Waals surface area contributed by atoms with Crippen molar-refractivity contribution in [2.75, 3.05) is 6.54 Å². The van der Waals surface area contributed by atoms with Gasteiger partial charge in [-0.05, 0) is 67.3 Å². The highest BCUT2D eigenvalue weighted by Crippen LogP contribution is 2.20. The number of carbonyl (C=O) groups is 1. The summed E-state index contributed by atoms with van der Waals surface area (Å²) in [5, 5.41) is 17.0. The third kappa shape index (κ3) is 8.37. The number of amides is 1. The van der Waals surface area contributed by atoms with E-state index in [9.17, 15) is 18.7 Å². The topological polar surface area (TPSA) is 61.4 Å². The molecule has 2 atom stereocenters. The van der Waals surface area contributed by atoms with Crippen LogP contribution >= 0.6 is 0 Å². The number of aliphatic hydroxyl groups is 1. The maximum atomic E-state index is 13.7. The Kier molecular flexibility index (Phi) is 9.58. The molecular formula is C27H34F2N2O2. The van der Waals surface area contributed by atoms with E-state index in [4.69, 9.17) is 0 Å². The molecule has 0 radical (unpaired) electrons. The molecule has 3 N–H and O–H groups in total. The zero-order valence-corrected chi connectivity index (χ0v) is 19.2. The molecule has 1 amide bonds. The lowest BCUT2D eigenvalue weighted by Gasteiger charge is -2.25. The first-order valence-corrected chi connectivity index (χ1v) is 11.8. The minimum atomic E-state index is -0.921. The molecule has 0 saturated heterocycles. The van der Waals surface area contributed by atoms with Crippen molar-refractivity contribution >= 4 is 5.91 Å². The van der Waals surface area contributed by atoms with Gasteiger partial charge in [-0.25, -0.2) is 8.78 Å². The first kappa shape index (κ1) is 25.1. The van der Waals surface area contributed by atoms with Crippen LogP contribution in [0.1, 0.15) is 55.7 Å². The van der Waals surface area contributed by atoms with Crippen LogP contribution in [-0.4, -0.2) is 29.7 Å². The number of carbonyl (C=O) groups excluding carboxylic acids is 1. The summed E-state index contributed by atoms with van der Waals surface area (Å²) in [5.74, 6) is -1.53. The SMILES string of the molecule is CCc1cccc(CNC[C@H](O)[C@H](Cc2cc(F)cc(F)c2)NC(=O)CC2=CCCCC2)c1. The molecule has 6 heteroatoms. The average Bonchev–Trinajstić information content (AvgIpc) is 2.78. The smallest absolute Gasteiger partial charge is 0.224 e. The number of hydrogen-bond acceptors (Lipinski definition) is 3. The van der Waals surface area contributed by atoms with Crippen LogP contribution in [0.15, 0.2) is 54.1 Å². The van der Waals surface area contributed by atoms with E-state index in [1.54, 1.807) is 0 Å². The number of benzene rings is 2. The Bertz CT molecular complexity index is 941. The molecule has 0 unspecified atom stereocenters. The van der Waals surface area contributed by atoms with Crippen molar-refractivity contribution in [2.45, 2.75) is 70.6 Å². The Morgan fingerprint density at radius 1 is 1.06 bits per heavy atom. The van der Waals surface area contributed by atoms with Crippen molar-refractivity contribution < 1.29 is 18.7 Å². The molecule has 33 heavy (non-hydrogen) atoms. The third-order valence-corrected chi connectivity index (χ3v) is 6.04. The van der Waals surface area contributed by atoms with Crippen molar-refractivity contribution in [3.8, 4) is 0 Å². The van der Waals surface area contributed by atoms with Gasteiger partial charge >= 0.3 is 0 Å². The highest BCUT2D eigenvalue weighted by molar-refractivity contribution is 5.79. The normalized spacial score (nSPS) is 15.6. The van der Waals surface area contributed by atoms with Gasteiger partial charge in [0.05, 0.1) is 12.1 Å². The van der Waals surface area contributed by atoms with Crippen LogP contribution in [0.3, 0.4) is 0 Å². The van der Waals surface area contributed by atoms with E-state index in [1.807, 2.05) is 12.1 Å². The van der Waals surface area contributed by atoms with Crippen LogP contribution < -0.4 is 10.6 Å². The molecule has 0 fully saturated rings. The molecule has 1 aliphatic carbocycles. The number of halogens is 2. The van der Waals surface area contributed by atoms with Gasteiger partial charge in [0.1, 0.15) is 11.6 Å². The van der Waals surface area contributed by atoms with Crippen LogP contribution in [0.2, 0.25) is 0 Å². The van der Waals surface area contributed by atoms with Crippen LogP contribution in [0, 0.1) is 11.6 Å². The van der Waals surface area contributed by atoms with E-state index >= 15 is 0 Å². The molecule has 0 aliphatic heterocycles. The number of rotatable bonds is 11. The lowest BCUT2D eigenvalue weighted by atomic mass is 9.96. The van der Waals surface area contributed by atoms with E-state index < -0.39 is 23.8 Å². The third-order valence-electron chi connectivity index (χ3n) is 6.04. The minimum absolute atomic E-state index is 0.133. The zero-order valence-electron chi connectivity index (χ0n) is 19.2. The summed E-state index contributed by atoms with van der Waals surface area (Å²) in [6.45, 7) is 2.91. The summed E-state index contributed by atoms with van der Waals surface area (Å²) < 4.78 is 27.4. The molecule has 3 rings (SSSR count). The Morgan fingerprint density at radius 3 is 2.52 bits per heavy atom. The molecule has 0 saturated carbocycles. The van der Waals surface area contributed by atoms with Crippen molar-refractivity contribution in [3.63, 3.8) is 0 Å². The molecule has 2 aromatic rings. The van der Waals surface area contributed by atoms with Crippen molar-refractivity contribution in [3.05, 3.63) is 82.4 Å². The predicted molar refractivity (Wildman–Crippen MR) is 127 cm³/mol. The second-order valence-electron chi connectivity index (χ2n) is 8.81. The summed E-state index contributed by atoms with van der Waals surface area (Å²) in [4.78, 5) is 12.7. The first-order valence-electron chi connectivity index (χ1n) is 11.8. The van der Waals surface area contributed by atoms with Gasteiger partial charge in [-0.2, -0.15) is 0 Å². The van der Waals surface area contributed by atoms with E-state index in [0.717, 1.165) is 49.3 Å². The van der Waals surface area contributed by atoms with Crippen LogP contribution in [0.4, 0.5) is 8.78 Å². The fraction of sp³-hybridized carbons (Fsp3) is 0.444. The van der Waals surface area contributed by atoms with E-state index in [-0.39, 0.29) is 25.3 Å². The number of hydrogen-bond donors (Lipinski definition) is 3. The summed E-state index contributed by atoms with van der Waals surface area (Å²) >= 11 is 0. The van der Waals surface area contributed by atoms with Crippen LogP contribution in [0.5, 0.6) is 0 Å². The standard InChI is InChI=1S/C27H34F2N2O2/c1-2-19-9-6-10-21(11-19)17-30-18-26(32)25(14-22-12-23(28)16-24(29)13-22)31-27(33)15-20-7-4-3-5-8-20/h6-7,9-13,16,25-26,30,32H,2-5,8,14-15,17-18H2,1H3,(H,31,33)/t25-,26-/m0/s1. The van der Waals surface area contributed by atoms with E-state index in [0.29, 0.717) is 12.1 Å². The Labute approximate surface area is 195 Å². The zero-order chi connectivity index (χ0) is 23.6. The summed E-state index contributed by atoms with van der Waals surface area (Å²) in [6.07, 6.45) is 6.68. The summed E-state index contributed by atoms with van der Waals surface area (Å²) in [6, 6.07) is 10.8. The maximum absolute atomic E-state index is 13.7. The molecule has 0 bridgehead atoms. The monoisotopic (exact) mass is 456 g/mol. The van der Waals surface area contributed by atoms with Gasteiger partial charge in [-0.3, -0.25) is 4.79 Å². The molecular weight excluding hydrogens is 422 g/mol. The van der Waals surface area contributed by atoms with Crippen LogP contribution in [0.25, 0.3) is 0 Å². The molecule has 4 nitrogen and oxygen atoms in total. The van der Waals surface area contributed by atoms with Gasteiger partial charge in [0, 0.05) is 25.6 Å². The molecule has 0 spiro atoms. The number of aliphatic hydroxyl groups excluding tert-OH is 1. The highest BCUT2D eigenvalue weighted by atomic mass is 19.1. The van der Waals surface area contributed by atoms with E-state index in [1.165, 1.54) is 17.7 Å². The average molecular weight is 457 g/mol. The second-order valence-corrected chi connectivity index (χ2v) is 8.81.